The molecule has 27 heavy (non-hydrogen) atoms. The fourth-order valence-electron chi connectivity index (χ4n) is 3.17. The van der Waals surface area contributed by atoms with Gasteiger partial charge in [0.25, 0.3) is 5.91 Å². The van der Waals surface area contributed by atoms with E-state index in [-0.39, 0.29) is 18.3 Å². The summed E-state index contributed by atoms with van der Waals surface area (Å²) in [5.41, 5.74) is 0.683. The molecule has 1 heterocycles. The number of halogens is 1. The number of ether oxygens (including phenoxy) is 1. The molecule has 0 bridgehead atoms. The van der Waals surface area contributed by atoms with Gasteiger partial charge in [-0.25, -0.2) is 4.39 Å². The van der Waals surface area contributed by atoms with Gasteiger partial charge in [0.2, 0.25) is 0 Å². The number of benzene rings is 2. The minimum Gasteiger partial charge on any atom is -0.484 e. The second-order valence-corrected chi connectivity index (χ2v) is 6.59. The number of rotatable bonds is 8. The Hall–Kier alpha value is -2.60. The molecule has 0 aromatic heterocycles. The molecule has 0 aliphatic carbocycles. The fraction of sp³-hybridized carbons (Fsp3) is 0.381. The second-order valence-electron chi connectivity index (χ2n) is 6.59. The van der Waals surface area contributed by atoms with Gasteiger partial charge in [-0.2, -0.15) is 0 Å². The van der Waals surface area contributed by atoms with Gasteiger partial charge in [0.1, 0.15) is 11.6 Å². The van der Waals surface area contributed by atoms with Crippen LogP contribution in [0.4, 0.5) is 10.1 Å². The van der Waals surface area contributed by atoms with E-state index in [4.69, 9.17) is 4.74 Å². The molecule has 1 fully saturated rings. The van der Waals surface area contributed by atoms with Crippen LogP contribution in [0.2, 0.25) is 0 Å². The van der Waals surface area contributed by atoms with Crippen LogP contribution in [0.1, 0.15) is 6.42 Å². The highest BCUT2D eigenvalue weighted by molar-refractivity contribution is 5.77. The molecule has 1 N–H and O–H groups in total. The molecular weight excluding hydrogens is 345 g/mol. The molecule has 1 saturated heterocycles. The van der Waals surface area contributed by atoms with E-state index in [1.807, 2.05) is 42.5 Å². The molecule has 6 heteroatoms. The number of amides is 1. The van der Waals surface area contributed by atoms with Crippen molar-refractivity contribution in [3.63, 3.8) is 0 Å². The summed E-state index contributed by atoms with van der Waals surface area (Å²) in [5.74, 6) is 0.426. The lowest BCUT2D eigenvalue weighted by Gasteiger charge is -2.36. The monoisotopic (exact) mass is 371 g/mol. The van der Waals surface area contributed by atoms with Crippen molar-refractivity contribution in [3.05, 3.63) is 60.4 Å². The molecule has 0 atom stereocenters. The first-order valence-electron chi connectivity index (χ1n) is 9.39. The topological polar surface area (TPSA) is 44.8 Å². The number of nitrogens with zero attached hydrogens (tertiary/aromatic N) is 2. The molecule has 2 aromatic carbocycles. The van der Waals surface area contributed by atoms with Crippen LogP contribution >= 0.6 is 0 Å². The van der Waals surface area contributed by atoms with E-state index in [0.29, 0.717) is 18.0 Å². The predicted octanol–water partition coefficient (Wildman–Crippen LogP) is 2.53. The van der Waals surface area contributed by atoms with E-state index < -0.39 is 0 Å². The van der Waals surface area contributed by atoms with Crippen LogP contribution in [-0.2, 0) is 4.79 Å². The highest BCUT2D eigenvalue weighted by atomic mass is 19.1. The molecule has 1 amide bonds. The Kier molecular flexibility index (Phi) is 7.04. The van der Waals surface area contributed by atoms with Crippen LogP contribution < -0.4 is 15.0 Å². The van der Waals surface area contributed by atoms with Crippen LogP contribution in [0, 0.1) is 5.82 Å². The highest BCUT2D eigenvalue weighted by Gasteiger charge is 2.18. The summed E-state index contributed by atoms with van der Waals surface area (Å²) in [6.07, 6.45) is 0.886. The number of para-hydroxylation sites is 2. The number of hydrogen-bond donors (Lipinski definition) is 1. The standard InChI is InChI=1S/C21H26FN3O2/c22-19-9-4-5-10-20(19)25-15-13-24(14-16-25)12-6-11-23-21(26)17-27-18-7-2-1-3-8-18/h1-5,7-10H,6,11-17H2,(H,23,26). The third-order valence-corrected chi connectivity index (χ3v) is 4.65. The number of nitrogens with one attached hydrogen (secondary N) is 1. The second kappa shape index (κ2) is 9.92. The molecule has 0 unspecified atom stereocenters. The largest absolute Gasteiger partial charge is 0.484 e. The Morgan fingerprint density at radius 3 is 2.44 bits per heavy atom. The first-order chi connectivity index (χ1) is 13.2. The zero-order valence-electron chi connectivity index (χ0n) is 15.4. The molecule has 0 radical (unpaired) electrons. The molecule has 144 valence electrons. The van der Waals surface area contributed by atoms with Gasteiger partial charge < -0.3 is 15.0 Å². The van der Waals surface area contributed by atoms with Gasteiger partial charge in [-0.15, -0.1) is 0 Å². The third-order valence-electron chi connectivity index (χ3n) is 4.65. The van der Waals surface area contributed by atoms with Crippen molar-refractivity contribution in [2.75, 3.05) is 50.8 Å². The third kappa shape index (κ3) is 5.96. The van der Waals surface area contributed by atoms with E-state index in [9.17, 15) is 9.18 Å². The Balaban J connectivity index is 1.28. The maximum atomic E-state index is 13.9. The molecule has 0 saturated carbocycles. The number of anilines is 1. The Bertz CT molecular complexity index is 718. The first-order valence-corrected chi connectivity index (χ1v) is 9.39. The summed E-state index contributed by atoms with van der Waals surface area (Å²) in [5, 5.41) is 2.88. The van der Waals surface area contributed by atoms with E-state index in [2.05, 4.69) is 15.1 Å². The summed E-state index contributed by atoms with van der Waals surface area (Å²) in [6, 6.07) is 16.2. The van der Waals surface area contributed by atoms with Gasteiger partial charge in [-0.1, -0.05) is 30.3 Å². The van der Waals surface area contributed by atoms with Gasteiger partial charge in [0.15, 0.2) is 6.61 Å². The van der Waals surface area contributed by atoms with E-state index in [1.54, 1.807) is 6.07 Å². The van der Waals surface area contributed by atoms with Crippen molar-refractivity contribution in [2.24, 2.45) is 0 Å². The van der Waals surface area contributed by atoms with Gasteiger partial charge in [0.05, 0.1) is 5.69 Å². The summed E-state index contributed by atoms with van der Waals surface area (Å²) < 4.78 is 19.3. The van der Waals surface area contributed by atoms with E-state index in [0.717, 1.165) is 39.1 Å². The van der Waals surface area contributed by atoms with Crippen molar-refractivity contribution in [1.29, 1.82) is 0 Å². The van der Waals surface area contributed by atoms with Crippen LogP contribution in [0.25, 0.3) is 0 Å². The first kappa shape index (κ1) is 19.2. The molecule has 5 nitrogen and oxygen atoms in total. The quantitative estimate of drug-likeness (QED) is 0.725. The molecular formula is C21H26FN3O2. The maximum absolute atomic E-state index is 13.9. The molecule has 3 rings (SSSR count). The minimum absolute atomic E-state index is 0.0331. The van der Waals surface area contributed by atoms with Crippen molar-refractivity contribution in [3.8, 4) is 5.75 Å². The fourth-order valence-corrected chi connectivity index (χ4v) is 3.17. The lowest BCUT2D eigenvalue weighted by Crippen LogP contribution is -2.47. The zero-order valence-corrected chi connectivity index (χ0v) is 15.4. The number of carbonyl (C=O) groups is 1. The van der Waals surface area contributed by atoms with Gasteiger partial charge >= 0.3 is 0 Å². The Labute approximate surface area is 159 Å². The van der Waals surface area contributed by atoms with Crippen LogP contribution in [0.5, 0.6) is 5.75 Å². The Morgan fingerprint density at radius 2 is 1.70 bits per heavy atom. The van der Waals surface area contributed by atoms with Crippen molar-refractivity contribution in [1.82, 2.24) is 10.2 Å². The minimum atomic E-state index is -0.161. The predicted molar refractivity (Wildman–Crippen MR) is 105 cm³/mol. The summed E-state index contributed by atoms with van der Waals surface area (Å²) >= 11 is 0. The van der Waals surface area contributed by atoms with Gasteiger partial charge in [0, 0.05) is 32.7 Å². The van der Waals surface area contributed by atoms with Gasteiger partial charge in [-0.3, -0.25) is 9.69 Å². The van der Waals surface area contributed by atoms with Crippen molar-refractivity contribution in [2.45, 2.75) is 6.42 Å². The lowest BCUT2D eigenvalue weighted by atomic mass is 10.2. The smallest absolute Gasteiger partial charge is 0.257 e. The van der Waals surface area contributed by atoms with Crippen molar-refractivity contribution >= 4 is 11.6 Å². The maximum Gasteiger partial charge on any atom is 0.257 e. The number of piperazine rings is 1. The summed E-state index contributed by atoms with van der Waals surface area (Å²) in [6.45, 7) is 5.02. The van der Waals surface area contributed by atoms with E-state index in [1.165, 1.54) is 6.07 Å². The van der Waals surface area contributed by atoms with Crippen LogP contribution in [-0.4, -0.2) is 56.7 Å². The molecule has 2 aromatic rings. The Morgan fingerprint density at radius 1 is 1.00 bits per heavy atom. The zero-order chi connectivity index (χ0) is 18.9. The highest BCUT2D eigenvalue weighted by Crippen LogP contribution is 2.20. The summed E-state index contributed by atoms with van der Waals surface area (Å²) in [4.78, 5) is 16.3. The molecule has 1 aliphatic heterocycles. The number of carbonyl (C=O) groups excluding carboxylic acids is 1. The van der Waals surface area contributed by atoms with Gasteiger partial charge in [-0.05, 0) is 37.2 Å². The number of hydrogen-bond acceptors (Lipinski definition) is 4. The van der Waals surface area contributed by atoms with Crippen molar-refractivity contribution < 1.29 is 13.9 Å². The molecule has 1 aliphatic rings. The average Bonchev–Trinajstić information content (AvgIpc) is 2.71. The van der Waals surface area contributed by atoms with E-state index >= 15 is 0 Å². The normalized spacial score (nSPS) is 14.8. The summed E-state index contributed by atoms with van der Waals surface area (Å²) in [7, 11) is 0. The average molecular weight is 371 g/mol. The molecule has 0 spiro atoms. The van der Waals surface area contributed by atoms with Crippen LogP contribution in [0.3, 0.4) is 0 Å². The SMILES string of the molecule is O=C(COc1ccccc1)NCCCN1CCN(c2ccccc2F)CC1. The van der Waals surface area contributed by atoms with Crippen LogP contribution in [0.15, 0.2) is 54.6 Å². The lowest BCUT2D eigenvalue weighted by molar-refractivity contribution is -0.123.